The van der Waals surface area contributed by atoms with Gasteiger partial charge < -0.3 is 24.1 Å². The summed E-state index contributed by atoms with van der Waals surface area (Å²) in [4.78, 5) is 30.0. The third-order valence-electron chi connectivity index (χ3n) is 6.30. The lowest BCUT2D eigenvalue weighted by molar-refractivity contribution is -0.150. The topological polar surface area (TPSA) is 81.0 Å². The SMILES string of the molecule is O=C(NC1CCCCC1)[C@@H](c1ccco1)N(Cc1cccs1)C(=O)[C@@H]1COc2ccccc2O1. The molecule has 1 saturated carbocycles. The Morgan fingerprint density at radius 1 is 1.03 bits per heavy atom. The predicted octanol–water partition coefficient (Wildman–Crippen LogP) is 4.70. The van der Waals surface area contributed by atoms with Gasteiger partial charge in [0.05, 0.1) is 12.8 Å². The quantitative estimate of drug-likeness (QED) is 0.530. The molecule has 0 radical (unpaired) electrons. The Hall–Kier alpha value is -3.26. The van der Waals surface area contributed by atoms with E-state index in [1.807, 2.05) is 35.7 Å². The summed E-state index contributed by atoms with van der Waals surface area (Å²) in [5.74, 6) is 1.00. The second-order valence-corrected chi connectivity index (χ2v) is 9.70. The molecule has 1 aliphatic heterocycles. The van der Waals surface area contributed by atoms with E-state index in [0.29, 0.717) is 17.3 Å². The number of carbonyl (C=O) groups excluding carboxylic acids is 2. The van der Waals surface area contributed by atoms with E-state index < -0.39 is 12.1 Å². The third kappa shape index (κ3) is 4.97. The molecule has 0 saturated heterocycles. The Morgan fingerprint density at radius 3 is 2.59 bits per heavy atom. The smallest absolute Gasteiger partial charge is 0.268 e. The fraction of sp³-hybridized carbons (Fsp3) is 0.385. The number of hydrogen-bond acceptors (Lipinski definition) is 6. The number of furan rings is 1. The van der Waals surface area contributed by atoms with Gasteiger partial charge in [-0.3, -0.25) is 9.59 Å². The summed E-state index contributed by atoms with van der Waals surface area (Å²) in [6, 6.07) is 13.8. The van der Waals surface area contributed by atoms with Crippen molar-refractivity contribution in [2.75, 3.05) is 6.61 Å². The van der Waals surface area contributed by atoms with E-state index in [-0.39, 0.29) is 31.0 Å². The average molecular weight is 481 g/mol. The van der Waals surface area contributed by atoms with Crippen LogP contribution in [0.2, 0.25) is 0 Å². The van der Waals surface area contributed by atoms with Gasteiger partial charge in [0.2, 0.25) is 6.10 Å². The van der Waals surface area contributed by atoms with Gasteiger partial charge in [-0.05, 0) is 48.6 Å². The number of carbonyl (C=O) groups is 2. The molecule has 5 rings (SSSR count). The molecule has 7 nitrogen and oxygen atoms in total. The van der Waals surface area contributed by atoms with Crippen molar-refractivity contribution in [2.24, 2.45) is 0 Å². The molecule has 2 amide bonds. The summed E-state index contributed by atoms with van der Waals surface area (Å²) < 4.78 is 17.5. The predicted molar refractivity (Wildman–Crippen MR) is 128 cm³/mol. The van der Waals surface area contributed by atoms with Crippen molar-refractivity contribution in [3.8, 4) is 11.5 Å². The number of hydrogen-bond donors (Lipinski definition) is 1. The number of nitrogens with one attached hydrogen (secondary N) is 1. The van der Waals surface area contributed by atoms with Crippen molar-refractivity contribution < 1.29 is 23.5 Å². The summed E-state index contributed by atoms with van der Waals surface area (Å²) in [5.41, 5.74) is 0. The van der Waals surface area contributed by atoms with Crippen molar-refractivity contribution >= 4 is 23.2 Å². The molecule has 2 aromatic heterocycles. The van der Waals surface area contributed by atoms with Crippen LogP contribution in [0.15, 0.2) is 64.6 Å². The largest absolute Gasteiger partial charge is 0.485 e. The highest BCUT2D eigenvalue weighted by atomic mass is 32.1. The van der Waals surface area contributed by atoms with Crippen LogP contribution < -0.4 is 14.8 Å². The van der Waals surface area contributed by atoms with E-state index in [9.17, 15) is 9.59 Å². The van der Waals surface area contributed by atoms with E-state index in [4.69, 9.17) is 13.9 Å². The lowest BCUT2D eigenvalue weighted by Gasteiger charge is -2.35. The first-order chi connectivity index (χ1) is 16.7. The van der Waals surface area contributed by atoms with Crippen molar-refractivity contribution in [2.45, 2.75) is 56.8 Å². The van der Waals surface area contributed by atoms with E-state index in [2.05, 4.69) is 5.32 Å². The van der Waals surface area contributed by atoms with Crippen molar-refractivity contribution in [3.63, 3.8) is 0 Å². The number of amides is 2. The fourth-order valence-electron chi connectivity index (χ4n) is 4.59. The van der Waals surface area contributed by atoms with Crippen LogP contribution in [0.1, 0.15) is 48.8 Å². The maximum Gasteiger partial charge on any atom is 0.268 e. The van der Waals surface area contributed by atoms with Gasteiger partial charge in [0.15, 0.2) is 17.5 Å². The molecular formula is C26H28N2O5S. The lowest BCUT2D eigenvalue weighted by Crippen LogP contribution is -2.51. The van der Waals surface area contributed by atoms with Crippen LogP contribution in [0.5, 0.6) is 11.5 Å². The van der Waals surface area contributed by atoms with Gasteiger partial charge in [-0.2, -0.15) is 0 Å². The van der Waals surface area contributed by atoms with Crippen molar-refractivity contribution in [1.29, 1.82) is 0 Å². The summed E-state index contributed by atoms with van der Waals surface area (Å²) in [6.45, 7) is 0.341. The monoisotopic (exact) mass is 480 g/mol. The lowest BCUT2D eigenvalue weighted by atomic mass is 9.95. The molecule has 3 aromatic rings. The Labute approximate surface area is 202 Å². The first kappa shape index (κ1) is 22.5. The number of fused-ring (bicyclic) bond motifs is 1. The number of para-hydroxylation sites is 2. The van der Waals surface area contributed by atoms with Crippen LogP contribution in [-0.4, -0.2) is 35.5 Å². The van der Waals surface area contributed by atoms with Gasteiger partial charge in [0.1, 0.15) is 12.4 Å². The van der Waals surface area contributed by atoms with E-state index in [1.54, 1.807) is 23.1 Å². The molecule has 178 valence electrons. The van der Waals surface area contributed by atoms with E-state index in [0.717, 1.165) is 30.6 Å². The zero-order valence-electron chi connectivity index (χ0n) is 18.9. The molecule has 1 aromatic carbocycles. The number of nitrogens with zero attached hydrogens (tertiary/aromatic N) is 1. The summed E-state index contributed by atoms with van der Waals surface area (Å²) >= 11 is 1.54. The molecule has 2 aliphatic rings. The average Bonchev–Trinajstić information content (AvgIpc) is 3.58. The molecule has 3 heterocycles. The highest BCUT2D eigenvalue weighted by Gasteiger charge is 2.40. The molecule has 0 spiro atoms. The van der Waals surface area contributed by atoms with E-state index >= 15 is 0 Å². The molecule has 1 N–H and O–H groups in total. The molecule has 2 atom stereocenters. The highest BCUT2D eigenvalue weighted by molar-refractivity contribution is 7.09. The number of ether oxygens (including phenoxy) is 2. The molecule has 1 aliphatic carbocycles. The minimum Gasteiger partial charge on any atom is -0.485 e. The summed E-state index contributed by atoms with van der Waals surface area (Å²) in [6.07, 6.45) is 5.95. The number of thiophene rings is 1. The zero-order chi connectivity index (χ0) is 23.3. The van der Waals surface area contributed by atoms with Crippen molar-refractivity contribution in [3.05, 3.63) is 70.8 Å². The first-order valence-corrected chi connectivity index (χ1v) is 12.6. The third-order valence-corrected chi connectivity index (χ3v) is 7.16. The van der Waals surface area contributed by atoms with Gasteiger partial charge in [-0.15, -0.1) is 11.3 Å². The molecule has 34 heavy (non-hydrogen) atoms. The summed E-state index contributed by atoms with van der Waals surface area (Å²) in [7, 11) is 0. The Kier molecular flexibility index (Phi) is 6.85. The standard InChI is InChI=1S/C26H28N2O5S/c29-25(27-18-8-2-1-3-9-18)24(22-13-6-14-31-22)28(16-19-10-7-15-34-19)26(30)23-17-32-20-11-4-5-12-21(20)33-23/h4-7,10-15,18,23-24H,1-3,8-9,16-17H2,(H,27,29)/t23-,24+/m0/s1. The molecule has 0 bridgehead atoms. The Morgan fingerprint density at radius 2 is 1.85 bits per heavy atom. The fourth-order valence-corrected chi connectivity index (χ4v) is 5.29. The van der Waals surface area contributed by atoms with Crippen LogP contribution in [-0.2, 0) is 16.1 Å². The Bertz CT molecular complexity index is 1090. The molecular weight excluding hydrogens is 452 g/mol. The number of rotatable bonds is 7. The minimum atomic E-state index is -0.910. The Balaban J connectivity index is 1.44. The van der Waals surface area contributed by atoms with Gasteiger partial charge in [-0.25, -0.2) is 0 Å². The molecule has 8 heteroatoms. The maximum absolute atomic E-state index is 13.9. The van der Waals surface area contributed by atoms with Gasteiger partial charge in [0, 0.05) is 10.9 Å². The van der Waals surface area contributed by atoms with Crippen molar-refractivity contribution in [1.82, 2.24) is 10.2 Å². The normalized spacial score (nSPS) is 18.8. The number of benzene rings is 1. The minimum absolute atomic E-state index is 0.0753. The first-order valence-electron chi connectivity index (χ1n) is 11.7. The highest BCUT2D eigenvalue weighted by Crippen LogP contribution is 2.33. The second kappa shape index (κ2) is 10.3. The van der Waals surface area contributed by atoms with E-state index in [1.165, 1.54) is 24.0 Å². The van der Waals surface area contributed by atoms with Crippen LogP contribution in [0.3, 0.4) is 0 Å². The van der Waals surface area contributed by atoms with Crippen LogP contribution in [0.25, 0.3) is 0 Å². The molecule has 1 fully saturated rings. The second-order valence-electron chi connectivity index (χ2n) is 8.67. The zero-order valence-corrected chi connectivity index (χ0v) is 19.7. The van der Waals surface area contributed by atoms with Gasteiger partial charge in [0.25, 0.3) is 11.8 Å². The van der Waals surface area contributed by atoms with Crippen LogP contribution >= 0.6 is 11.3 Å². The van der Waals surface area contributed by atoms with Crippen LogP contribution in [0.4, 0.5) is 0 Å². The van der Waals surface area contributed by atoms with Gasteiger partial charge >= 0.3 is 0 Å². The maximum atomic E-state index is 13.9. The molecule has 0 unspecified atom stereocenters. The van der Waals surface area contributed by atoms with Gasteiger partial charge in [-0.1, -0.05) is 37.5 Å². The van der Waals surface area contributed by atoms with Crippen LogP contribution in [0, 0.1) is 0 Å². The summed E-state index contributed by atoms with van der Waals surface area (Å²) in [5, 5.41) is 5.14.